The lowest BCUT2D eigenvalue weighted by molar-refractivity contribution is -0.145. The van der Waals surface area contributed by atoms with Crippen LogP contribution in [0.1, 0.15) is 27.2 Å². The highest BCUT2D eigenvalue weighted by atomic mass is 16.5. The molecule has 0 rings (SSSR count). The highest BCUT2D eigenvalue weighted by Gasteiger charge is 2.15. The van der Waals surface area contributed by atoms with E-state index in [1.165, 1.54) is 0 Å². The lowest BCUT2D eigenvalue weighted by Gasteiger charge is -2.21. The highest BCUT2D eigenvalue weighted by molar-refractivity contribution is 5.69. The Bertz CT molecular complexity index is 196. The lowest BCUT2D eigenvalue weighted by Crippen LogP contribution is -2.41. The summed E-state index contributed by atoms with van der Waals surface area (Å²) in [6.45, 7) is 6.30. The SMILES string of the molecule is CCOC(=O)CC(O)CNC(CO)C(C)C. The van der Waals surface area contributed by atoms with Gasteiger partial charge in [-0.25, -0.2) is 0 Å². The van der Waals surface area contributed by atoms with E-state index in [1.807, 2.05) is 13.8 Å². The Kier molecular flexibility index (Phi) is 8.15. The average molecular weight is 233 g/mol. The van der Waals surface area contributed by atoms with E-state index in [0.29, 0.717) is 6.61 Å². The topological polar surface area (TPSA) is 78.8 Å². The maximum atomic E-state index is 11.0. The molecule has 0 heterocycles. The molecule has 5 heteroatoms. The number of nitrogens with one attached hydrogen (secondary N) is 1. The van der Waals surface area contributed by atoms with Gasteiger partial charge < -0.3 is 20.3 Å². The Morgan fingerprint density at radius 1 is 1.44 bits per heavy atom. The minimum Gasteiger partial charge on any atom is -0.466 e. The van der Waals surface area contributed by atoms with Gasteiger partial charge in [0.2, 0.25) is 0 Å². The van der Waals surface area contributed by atoms with Gasteiger partial charge in [-0.15, -0.1) is 0 Å². The number of hydrogen-bond acceptors (Lipinski definition) is 5. The summed E-state index contributed by atoms with van der Waals surface area (Å²) in [4.78, 5) is 11.0. The Labute approximate surface area is 96.8 Å². The quantitative estimate of drug-likeness (QED) is 0.511. The zero-order chi connectivity index (χ0) is 12.6. The summed E-state index contributed by atoms with van der Waals surface area (Å²) in [5.74, 6) is -0.123. The van der Waals surface area contributed by atoms with Crippen LogP contribution in [-0.4, -0.2) is 48.1 Å². The predicted octanol–water partition coefficient (Wildman–Crippen LogP) is -0.0930. The molecule has 0 amide bonds. The second-order valence-electron chi connectivity index (χ2n) is 4.10. The third kappa shape index (κ3) is 6.76. The van der Waals surface area contributed by atoms with Crippen molar-refractivity contribution in [1.82, 2.24) is 5.32 Å². The molecule has 0 aromatic carbocycles. The van der Waals surface area contributed by atoms with E-state index in [4.69, 9.17) is 9.84 Å². The molecule has 0 aromatic rings. The first-order valence-electron chi connectivity index (χ1n) is 5.69. The van der Waals surface area contributed by atoms with Crippen LogP contribution in [0.5, 0.6) is 0 Å². The molecule has 2 atom stereocenters. The van der Waals surface area contributed by atoms with Crippen LogP contribution in [0.2, 0.25) is 0 Å². The number of esters is 1. The maximum absolute atomic E-state index is 11.0. The number of carbonyl (C=O) groups is 1. The third-order valence-corrected chi connectivity index (χ3v) is 2.32. The molecule has 0 aromatic heterocycles. The van der Waals surface area contributed by atoms with Gasteiger partial charge in [0.1, 0.15) is 0 Å². The van der Waals surface area contributed by atoms with Crippen LogP contribution in [0, 0.1) is 5.92 Å². The molecule has 0 radical (unpaired) electrons. The van der Waals surface area contributed by atoms with Crippen LogP contribution >= 0.6 is 0 Å². The Balaban J connectivity index is 3.79. The zero-order valence-corrected chi connectivity index (χ0v) is 10.3. The van der Waals surface area contributed by atoms with Gasteiger partial charge in [-0.1, -0.05) is 13.8 Å². The van der Waals surface area contributed by atoms with Crippen LogP contribution in [0.25, 0.3) is 0 Å². The van der Waals surface area contributed by atoms with E-state index >= 15 is 0 Å². The molecule has 0 aliphatic carbocycles. The molecular weight excluding hydrogens is 210 g/mol. The number of aliphatic hydroxyl groups excluding tert-OH is 2. The first-order chi connectivity index (χ1) is 7.51. The normalized spacial score (nSPS) is 14.9. The fourth-order valence-electron chi connectivity index (χ4n) is 1.28. The van der Waals surface area contributed by atoms with Crippen molar-refractivity contribution in [3.05, 3.63) is 0 Å². The number of ether oxygens (including phenoxy) is 1. The molecule has 5 nitrogen and oxygen atoms in total. The average Bonchev–Trinajstić information content (AvgIpc) is 2.18. The van der Waals surface area contributed by atoms with Crippen molar-refractivity contribution in [3.63, 3.8) is 0 Å². The minimum absolute atomic E-state index is 0.0168. The van der Waals surface area contributed by atoms with Gasteiger partial charge in [0.15, 0.2) is 0 Å². The molecule has 0 spiro atoms. The number of hydrogen-bond donors (Lipinski definition) is 3. The van der Waals surface area contributed by atoms with Crippen molar-refractivity contribution < 1.29 is 19.7 Å². The zero-order valence-electron chi connectivity index (χ0n) is 10.3. The summed E-state index contributed by atoms with van der Waals surface area (Å²) in [6, 6.07) is -0.0585. The van der Waals surface area contributed by atoms with Gasteiger partial charge in [-0.05, 0) is 12.8 Å². The molecule has 0 saturated carbocycles. The van der Waals surface area contributed by atoms with E-state index in [9.17, 15) is 9.90 Å². The molecule has 0 aliphatic rings. The van der Waals surface area contributed by atoms with Gasteiger partial charge in [-0.3, -0.25) is 4.79 Å². The standard InChI is InChI=1S/C11H23NO4/c1-4-16-11(15)5-9(14)6-12-10(7-13)8(2)3/h8-10,12-14H,4-7H2,1-3H3. The van der Waals surface area contributed by atoms with Gasteiger partial charge in [0, 0.05) is 12.6 Å². The smallest absolute Gasteiger partial charge is 0.308 e. The monoisotopic (exact) mass is 233 g/mol. The highest BCUT2D eigenvalue weighted by Crippen LogP contribution is 2.01. The van der Waals surface area contributed by atoms with Crippen LogP contribution < -0.4 is 5.32 Å². The molecule has 2 unspecified atom stereocenters. The summed E-state index contributed by atoms with van der Waals surface area (Å²) in [7, 11) is 0. The molecule has 0 fully saturated rings. The maximum Gasteiger partial charge on any atom is 0.308 e. The van der Waals surface area contributed by atoms with E-state index in [1.54, 1.807) is 6.92 Å². The first kappa shape index (κ1) is 15.3. The molecule has 0 aliphatic heterocycles. The predicted molar refractivity (Wildman–Crippen MR) is 61.0 cm³/mol. The summed E-state index contributed by atoms with van der Waals surface area (Å²) < 4.78 is 4.72. The number of rotatable bonds is 8. The second-order valence-corrected chi connectivity index (χ2v) is 4.10. The van der Waals surface area contributed by atoms with Gasteiger partial charge in [0.05, 0.1) is 25.7 Å². The van der Waals surface area contributed by atoms with E-state index in [0.717, 1.165) is 0 Å². The Hall–Kier alpha value is -0.650. The Morgan fingerprint density at radius 2 is 2.06 bits per heavy atom. The molecule has 3 N–H and O–H groups in total. The van der Waals surface area contributed by atoms with Gasteiger partial charge >= 0.3 is 5.97 Å². The van der Waals surface area contributed by atoms with Gasteiger partial charge in [-0.2, -0.15) is 0 Å². The summed E-state index contributed by atoms with van der Waals surface area (Å²) in [6.07, 6.45) is -0.788. The fraction of sp³-hybridized carbons (Fsp3) is 0.909. The van der Waals surface area contributed by atoms with Gasteiger partial charge in [0.25, 0.3) is 0 Å². The fourth-order valence-corrected chi connectivity index (χ4v) is 1.28. The molecule has 0 saturated heterocycles. The van der Waals surface area contributed by atoms with E-state index in [2.05, 4.69) is 5.32 Å². The first-order valence-corrected chi connectivity index (χ1v) is 5.69. The minimum atomic E-state index is -0.771. The largest absolute Gasteiger partial charge is 0.466 e. The van der Waals surface area contributed by atoms with Crippen LogP contribution in [0.3, 0.4) is 0 Å². The van der Waals surface area contributed by atoms with Crippen molar-refractivity contribution in [2.45, 2.75) is 39.3 Å². The molecular formula is C11H23NO4. The second kappa shape index (κ2) is 8.50. The summed E-state index contributed by atoms with van der Waals surface area (Å²) in [5.41, 5.74) is 0. The Morgan fingerprint density at radius 3 is 2.50 bits per heavy atom. The molecule has 0 bridgehead atoms. The summed E-state index contributed by atoms with van der Waals surface area (Å²) >= 11 is 0. The van der Waals surface area contributed by atoms with Crippen LogP contribution in [-0.2, 0) is 9.53 Å². The van der Waals surface area contributed by atoms with Crippen molar-refractivity contribution in [1.29, 1.82) is 0 Å². The van der Waals surface area contributed by atoms with Crippen LogP contribution in [0.15, 0.2) is 0 Å². The number of aliphatic hydroxyl groups is 2. The van der Waals surface area contributed by atoms with Crippen molar-refractivity contribution in [3.8, 4) is 0 Å². The van der Waals surface area contributed by atoms with E-state index < -0.39 is 12.1 Å². The van der Waals surface area contributed by atoms with Crippen molar-refractivity contribution >= 4 is 5.97 Å². The summed E-state index contributed by atoms with van der Waals surface area (Å²) in [5, 5.41) is 21.6. The van der Waals surface area contributed by atoms with Crippen molar-refractivity contribution in [2.75, 3.05) is 19.8 Å². The van der Waals surface area contributed by atoms with E-state index in [-0.39, 0.29) is 31.5 Å². The van der Waals surface area contributed by atoms with Crippen LogP contribution in [0.4, 0.5) is 0 Å². The van der Waals surface area contributed by atoms with Crippen molar-refractivity contribution in [2.24, 2.45) is 5.92 Å². The molecule has 16 heavy (non-hydrogen) atoms. The molecule has 96 valence electrons. The lowest BCUT2D eigenvalue weighted by atomic mass is 10.1. The number of carbonyl (C=O) groups excluding carboxylic acids is 1. The third-order valence-electron chi connectivity index (χ3n) is 2.32.